The number of non-ortho nitro benzene ring substituents is 1. The van der Waals surface area contributed by atoms with Crippen LogP contribution in [0, 0.1) is 10.1 Å². The van der Waals surface area contributed by atoms with Crippen LogP contribution in [0.4, 0.5) is 5.69 Å². The predicted octanol–water partition coefficient (Wildman–Crippen LogP) is 4.97. The van der Waals surface area contributed by atoms with Crippen molar-refractivity contribution in [2.75, 3.05) is 6.54 Å². The van der Waals surface area contributed by atoms with E-state index in [2.05, 4.69) is 0 Å². The second kappa shape index (κ2) is 10.3. The molecule has 0 bridgehead atoms. The highest BCUT2D eigenvalue weighted by molar-refractivity contribution is 5.95. The molecular formula is C27H26N4O4. The molecule has 4 rings (SSSR count). The van der Waals surface area contributed by atoms with Crippen LogP contribution in [0.25, 0.3) is 10.9 Å². The highest BCUT2D eigenvalue weighted by atomic mass is 16.6. The summed E-state index contributed by atoms with van der Waals surface area (Å²) in [5, 5.41) is 11.7. The van der Waals surface area contributed by atoms with Gasteiger partial charge in [-0.25, -0.2) is 4.98 Å². The summed E-state index contributed by atoms with van der Waals surface area (Å²) in [5.41, 5.74) is 1.39. The van der Waals surface area contributed by atoms with Crippen molar-refractivity contribution in [2.24, 2.45) is 0 Å². The summed E-state index contributed by atoms with van der Waals surface area (Å²) in [6.45, 7) is 4.49. The van der Waals surface area contributed by atoms with E-state index in [9.17, 15) is 19.7 Å². The van der Waals surface area contributed by atoms with E-state index in [0.29, 0.717) is 36.2 Å². The number of carbonyl (C=O) groups is 1. The van der Waals surface area contributed by atoms with Gasteiger partial charge in [-0.05, 0) is 37.1 Å². The Morgan fingerprint density at radius 1 is 1.06 bits per heavy atom. The van der Waals surface area contributed by atoms with E-state index >= 15 is 0 Å². The summed E-state index contributed by atoms with van der Waals surface area (Å²) in [6.07, 6.45) is 0.668. The monoisotopic (exact) mass is 470 g/mol. The maximum atomic E-state index is 13.5. The molecule has 0 spiro atoms. The molecule has 1 heterocycles. The van der Waals surface area contributed by atoms with Crippen LogP contribution in [-0.4, -0.2) is 31.8 Å². The SMILES string of the molecule is CCCN(C(=O)c1cccc([N+](=O)[O-])c1)C(C)c1nc2ccccc2c(=O)n1Cc1ccccc1. The maximum Gasteiger partial charge on any atom is 0.270 e. The van der Waals surface area contributed by atoms with Crippen LogP contribution in [0.5, 0.6) is 0 Å². The van der Waals surface area contributed by atoms with Gasteiger partial charge in [-0.3, -0.25) is 24.3 Å². The van der Waals surface area contributed by atoms with Gasteiger partial charge in [0.15, 0.2) is 0 Å². The van der Waals surface area contributed by atoms with Gasteiger partial charge in [0.25, 0.3) is 17.2 Å². The summed E-state index contributed by atoms with van der Waals surface area (Å²) in [6, 6.07) is 21.9. The minimum Gasteiger partial charge on any atom is -0.329 e. The highest BCUT2D eigenvalue weighted by Gasteiger charge is 2.27. The number of carbonyl (C=O) groups excluding carboxylic acids is 1. The molecule has 0 saturated carbocycles. The second-order valence-electron chi connectivity index (χ2n) is 8.35. The highest BCUT2D eigenvalue weighted by Crippen LogP contribution is 2.24. The summed E-state index contributed by atoms with van der Waals surface area (Å²) < 4.78 is 1.62. The van der Waals surface area contributed by atoms with Crippen LogP contribution < -0.4 is 5.56 Å². The Morgan fingerprint density at radius 3 is 2.49 bits per heavy atom. The van der Waals surface area contributed by atoms with Gasteiger partial charge in [0.1, 0.15) is 5.82 Å². The third-order valence-electron chi connectivity index (χ3n) is 5.95. The third kappa shape index (κ3) is 4.96. The van der Waals surface area contributed by atoms with Crippen molar-refractivity contribution in [3.63, 3.8) is 0 Å². The zero-order valence-corrected chi connectivity index (χ0v) is 19.6. The zero-order valence-electron chi connectivity index (χ0n) is 19.6. The van der Waals surface area contributed by atoms with Gasteiger partial charge in [-0.1, -0.05) is 55.5 Å². The first-order valence-electron chi connectivity index (χ1n) is 11.5. The summed E-state index contributed by atoms with van der Waals surface area (Å²) >= 11 is 0. The van der Waals surface area contributed by atoms with E-state index < -0.39 is 11.0 Å². The lowest BCUT2D eigenvalue weighted by Crippen LogP contribution is -2.38. The molecule has 178 valence electrons. The second-order valence-corrected chi connectivity index (χ2v) is 8.35. The number of benzene rings is 3. The number of nitro groups is 1. The smallest absolute Gasteiger partial charge is 0.270 e. The molecule has 0 aliphatic carbocycles. The first kappa shape index (κ1) is 23.8. The van der Waals surface area contributed by atoms with Gasteiger partial charge < -0.3 is 4.90 Å². The van der Waals surface area contributed by atoms with Crippen LogP contribution in [0.3, 0.4) is 0 Å². The van der Waals surface area contributed by atoms with Gasteiger partial charge in [0.2, 0.25) is 0 Å². The third-order valence-corrected chi connectivity index (χ3v) is 5.95. The zero-order chi connectivity index (χ0) is 24.9. The quantitative estimate of drug-likeness (QED) is 0.268. The average molecular weight is 471 g/mol. The van der Waals surface area contributed by atoms with E-state index in [1.165, 1.54) is 18.2 Å². The number of para-hydroxylation sites is 1. The van der Waals surface area contributed by atoms with Crippen molar-refractivity contribution < 1.29 is 9.72 Å². The van der Waals surface area contributed by atoms with Gasteiger partial charge in [-0.2, -0.15) is 0 Å². The Morgan fingerprint density at radius 2 is 1.77 bits per heavy atom. The Hall–Kier alpha value is -4.33. The molecule has 0 N–H and O–H groups in total. The lowest BCUT2D eigenvalue weighted by molar-refractivity contribution is -0.384. The molecule has 0 saturated heterocycles. The van der Waals surface area contributed by atoms with E-state index in [4.69, 9.17) is 4.98 Å². The number of aromatic nitrogens is 2. The van der Waals surface area contributed by atoms with Gasteiger partial charge in [0, 0.05) is 24.2 Å². The van der Waals surface area contributed by atoms with Crippen molar-refractivity contribution in [1.29, 1.82) is 0 Å². The number of hydrogen-bond donors (Lipinski definition) is 0. The van der Waals surface area contributed by atoms with Crippen molar-refractivity contribution in [1.82, 2.24) is 14.5 Å². The summed E-state index contributed by atoms with van der Waals surface area (Å²) in [4.78, 5) is 44.2. The average Bonchev–Trinajstić information content (AvgIpc) is 2.88. The standard InChI is InChI=1S/C27H26N4O4/c1-3-16-29(26(32)21-12-9-13-22(17-21)31(34)35)19(2)25-28-24-15-8-7-14-23(24)27(33)30(25)18-20-10-5-4-6-11-20/h4-15,17,19H,3,16,18H2,1-2H3. The minimum absolute atomic E-state index is 0.148. The van der Waals surface area contributed by atoms with Crippen LogP contribution in [-0.2, 0) is 6.54 Å². The molecule has 35 heavy (non-hydrogen) atoms. The van der Waals surface area contributed by atoms with Gasteiger partial charge in [0.05, 0.1) is 28.4 Å². The Balaban J connectivity index is 1.83. The molecule has 0 fully saturated rings. The normalized spacial score (nSPS) is 11.8. The van der Waals surface area contributed by atoms with Gasteiger partial charge >= 0.3 is 0 Å². The number of hydrogen-bond acceptors (Lipinski definition) is 5. The number of nitro benzene ring substituents is 1. The van der Waals surface area contributed by atoms with Crippen LogP contribution in [0.2, 0.25) is 0 Å². The molecule has 0 radical (unpaired) electrons. The minimum atomic E-state index is -0.553. The fraction of sp³-hybridized carbons (Fsp3) is 0.222. The molecule has 8 nitrogen and oxygen atoms in total. The molecule has 1 aromatic heterocycles. The number of nitrogens with zero attached hydrogens (tertiary/aromatic N) is 4. The van der Waals surface area contributed by atoms with Gasteiger partial charge in [-0.15, -0.1) is 0 Å². The van der Waals surface area contributed by atoms with E-state index in [0.717, 1.165) is 5.56 Å². The van der Waals surface area contributed by atoms with E-state index in [1.54, 1.807) is 33.7 Å². The van der Waals surface area contributed by atoms with Crippen molar-refractivity contribution in [3.05, 3.63) is 116 Å². The molecule has 1 amide bonds. The molecule has 1 atom stereocenters. The fourth-order valence-corrected chi connectivity index (χ4v) is 4.19. The predicted molar refractivity (Wildman–Crippen MR) is 134 cm³/mol. The Bertz CT molecular complexity index is 1430. The molecule has 8 heteroatoms. The molecule has 3 aromatic carbocycles. The van der Waals surface area contributed by atoms with Crippen molar-refractivity contribution >= 4 is 22.5 Å². The number of amides is 1. The number of fused-ring (bicyclic) bond motifs is 1. The first-order chi connectivity index (χ1) is 16.9. The Kier molecular flexibility index (Phi) is 7.01. The molecule has 1 unspecified atom stereocenters. The first-order valence-corrected chi connectivity index (χ1v) is 11.5. The topological polar surface area (TPSA) is 98.3 Å². The van der Waals surface area contributed by atoms with Crippen molar-refractivity contribution in [2.45, 2.75) is 32.9 Å². The summed E-state index contributed by atoms with van der Waals surface area (Å²) in [5.74, 6) is 0.113. The summed E-state index contributed by atoms with van der Waals surface area (Å²) in [7, 11) is 0. The van der Waals surface area contributed by atoms with E-state index in [1.807, 2.05) is 50.2 Å². The van der Waals surface area contributed by atoms with E-state index in [-0.39, 0.29) is 22.7 Å². The van der Waals surface area contributed by atoms with Crippen molar-refractivity contribution in [3.8, 4) is 0 Å². The molecule has 0 aliphatic heterocycles. The Labute approximate surface area is 202 Å². The lowest BCUT2D eigenvalue weighted by Gasteiger charge is -2.30. The van der Waals surface area contributed by atoms with Crippen LogP contribution in [0.1, 0.15) is 48.1 Å². The van der Waals surface area contributed by atoms with Crippen LogP contribution >= 0.6 is 0 Å². The largest absolute Gasteiger partial charge is 0.329 e. The number of rotatable bonds is 8. The molecular weight excluding hydrogens is 444 g/mol. The fourth-order valence-electron chi connectivity index (χ4n) is 4.19. The lowest BCUT2D eigenvalue weighted by atomic mass is 10.1. The molecule has 0 aliphatic rings. The van der Waals surface area contributed by atoms with Crippen LogP contribution in [0.15, 0.2) is 83.7 Å². The molecule has 4 aromatic rings. The maximum absolute atomic E-state index is 13.5.